The van der Waals surface area contributed by atoms with E-state index in [-0.39, 0.29) is 23.6 Å². The number of methoxy groups -OCH3 is 1. The average molecular weight is 468 g/mol. The van der Waals surface area contributed by atoms with Crippen molar-refractivity contribution in [3.63, 3.8) is 0 Å². The van der Waals surface area contributed by atoms with Crippen molar-refractivity contribution < 1.29 is 18.7 Å². The van der Waals surface area contributed by atoms with Crippen LogP contribution >= 0.6 is 24.0 Å². The summed E-state index contributed by atoms with van der Waals surface area (Å²) in [4.78, 5) is 14.7. The van der Waals surface area contributed by atoms with Crippen LogP contribution in [0.1, 0.15) is 16.7 Å². The third kappa shape index (κ3) is 5.29. The lowest BCUT2D eigenvalue weighted by molar-refractivity contribution is -0.126. The molecule has 1 amide bonds. The minimum absolute atomic E-state index is 0.00393. The predicted octanol–water partition coefficient (Wildman–Crippen LogP) is 5.38. The second-order valence-electron chi connectivity index (χ2n) is 7.38. The van der Waals surface area contributed by atoms with Crippen LogP contribution in [0.4, 0.5) is 4.39 Å². The first-order valence-electron chi connectivity index (χ1n) is 10.1. The van der Waals surface area contributed by atoms with Crippen molar-refractivity contribution in [2.75, 3.05) is 7.11 Å². The first kappa shape index (κ1) is 22.3. The van der Waals surface area contributed by atoms with Gasteiger partial charge in [-0.2, -0.15) is 0 Å². The van der Waals surface area contributed by atoms with E-state index in [0.29, 0.717) is 23.0 Å². The normalized spacial score (nSPS) is 15.8. The number of carbonyl (C=O) groups is 1. The molecule has 1 heterocycles. The molecular weight excluding hydrogens is 445 g/mol. The summed E-state index contributed by atoms with van der Waals surface area (Å²) in [6, 6.07) is 21.6. The molecule has 164 valence electrons. The minimum Gasteiger partial charge on any atom is -0.497 e. The molecule has 7 heteroatoms. The molecule has 0 saturated carbocycles. The highest BCUT2D eigenvalue weighted by Crippen LogP contribution is 2.33. The van der Waals surface area contributed by atoms with Gasteiger partial charge in [0.1, 0.15) is 28.2 Å². The van der Waals surface area contributed by atoms with Gasteiger partial charge in [0, 0.05) is 0 Å². The van der Waals surface area contributed by atoms with Crippen molar-refractivity contribution in [2.24, 2.45) is 0 Å². The lowest BCUT2D eigenvalue weighted by atomic mass is 10.1. The number of nitrogens with zero attached hydrogens (tertiary/aromatic N) is 1. The Morgan fingerprint density at radius 1 is 1.03 bits per heavy atom. The number of benzene rings is 3. The van der Waals surface area contributed by atoms with Crippen LogP contribution in [0.2, 0.25) is 0 Å². The van der Waals surface area contributed by atoms with Crippen molar-refractivity contribution in [2.45, 2.75) is 24.8 Å². The van der Waals surface area contributed by atoms with E-state index in [4.69, 9.17) is 21.7 Å². The average Bonchev–Trinajstić information content (AvgIpc) is 3.06. The van der Waals surface area contributed by atoms with Gasteiger partial charge in [0.2, 0.25) is 5.91 Å². The zero-order chi connectivity index (χ0) is 22.5. The van der Waals surface area contributed by atoms with Gasteiger partial charge >= 0.3 is 0 Å². The van der Waals surface area contributed by atoms with E-state index in [9.17, 15) is 9.18 Å². The Balaban J connectivity index is 1.42. The van der Waals surface area contributed by atoms with Crippen LogP contribution in [0.3, 0.4) is 0 Å². The number of hydrogen-bond acceptors (Lipinski definition) is 5. The van der Waals surface area contributed by atoms with Crippen LogP contribution < -0.4 is 9.47 Å². The summed E-state index contributed by atoms with van der Waals surface area (Å²) in [5, 5.41) is -0.306. The molecule has 0 aromatic heterocycles. The van der Waals surface area contributed by atoms with E-state index in [2.05, 4.69) is 0 Å². The largest absolute Gasteiger partial charge is 0.497 e. The Bertz CT molecular complexity index is 1120. The molecule has 1 aliphatic heterocycles. The molecule has 3 aromatic rings. The molecule has 0 radical (unpaired) electrons. The van der Waals surface area contributed by atoms with Crippen molar-refractivity contribution >= 4 is 34.2 Å². The van der Waals surface area contributed by atoms with E-state index in [0.717, 1.165) is 22.4 Å². The van der Waals surface area contributed by atoms with Gasteiger partial charge in [-0.15, -0.1) is 0 Å². The molecule has 4 nitrogen and oxygen atoms in total. The van der Waals surface area contributed by atoms with Crippen molar-refractivity contribution in [3.05, 3.63) is 95.3 Å². The van der Waals surface area contributed by atoms with Gasteiger partial charge in [-0.25, -0.2) is 4.39 Å². The second-order valence-corrected chi connectivity index (χ2v) is 9.21. The Morgan fingerprint density at radius 3 is 2.56 bits per heavy atom. The van der Waals surface area contributed by atoms with Crippen LogP contribution in [-0.4, -0.2) is 27.5 Å². The molecule has 1 atom stereocenters. The Labute approximate surface area is 196 Å². The molecule has 0 unspecified atom stereocenters. The van der Waals surface area contributed by atoms with Crippen molar-refractivity contribution in [3.8, 4) is 11.5 Å². The molecule has 32 heavy (non-hydrogen) atoms. The predicted molar refractivity (Wildman–Crippen MR) is 128 cm³/mol. The second kappa shape index (κ2) is 10.1. The molecule has 3 aromatic carbocycles. The highest BCUT2D eigenvalue weighted by molar-refractivity contribution is 8.24. The summed E-state index contributed by atoms with van der Waals surface area (Å²) in [5.74, 6) is 1.16. The number of halogens is 1. The fourth-order valence-electron chi connectivity index (χ4n) is 3.49. The van der Waals surface area contributed by atoms with E-state index >= 15 is 0 Å². The smallest absolute Gasteiger partial charge is 0.242 e. The van der Waals surface area contributed by atoms with Crippen LogP contribution in [0.25, 0.3) is 0 Å². The standard InChI is InChI=1S/C25H22FNO3S2/c1-29-21-11-9-17(10-12-21)15-27-24(28)23(32-25(27)31)14-19-6-2-3-8-22(19)30-16-18-5-4-7-20(26)13-18/h2-13,23H,14-16H2,1H3/t23-/m0/s1. The van der Waals surface area contributed by atoms with E-state index in [1.54, 1.807) is 18.1 Å². The van der Waals surface area contributed by atoms with E-state index < -0.39 is 0 Å². The fraction of sp³-hybridized carbons (Fsp3) is 0.200. The Kier molecular flexibility index (Phi) is 7.07. The van der Waals surface area contributed by atoms with Crippen molar-refractivity contribution in [1.29, 1.82) is 0 Å². The van der Waals surface area contributed by atoms with Gasteiger partial charge in [0.05, 0.1) is 18.9 Å². The molecular formula is C25H22FNO3S2. The third-order valence-electron chi connectivity index (χ3n) is 5.17. The molecule has 1 saturated heterocycles. The van der Waals surface area contributed by atoms with Crippen LogP contribution in [0.5, 0.6) is 11.5 Å². The number of thiocarbonyl (C=S) groups is 1. The van der Waals surface area contributed by atoms with Crippen LogP contribution in [0, 0.1) is 5.82 Å². The maximum Gasteiger partial charge on any atom is 0.242 e. The highest BCUT2D eigenvalue weighted by Gasteiger charge is 2.37. The number of thioether (sulfide) groups is 1. The summed E-state index contributed by atoms with van der Waals surface area (Å²) in [6.45, 7) is 0.686. The zero-order valence-corrected chi connectivity index (χ0v) is 19.1. The van der Waals surface area contributed by atoms with Crippen molar-refractivity contribution in [1.82, 2.24) is 4.90 Å². The molecule has 4 rings (SSSR count). The van der Waals surface area contributed by atoms with Gasteiger partial charge in [-0.3, -0.25) is 9.69 Å². The van der Waals surface area contributed by atoms with E-state index in [1.807, 2.05) is 54.6 Å². The fourth-order valence-corrected chi connectivity index (χ4v) is 5.00. The van der Waals surface area contributed by atoms with Crippen LogP contribution in [0.15, 0.2) is 72.8 Å². The molecule has 1 fully saturated rings. The summed E-state index contributed by atoms with van der Waals surface area (Å²) >= 11 is 6.90. The first-order chi connectivity index (χ1) is 15.5. The van der Waals surface area contributed by atoms with E-state index in [1.165, 1.54) is 23.9 Å². The molecule has 0 bridgehead atoms. The quantitative estimate of drug-likeness (QED) is 0.416. The number of ether oxygens (including phenoxy) is 2. The number of carbonyl (C=O) groups excluding carboxylic acids is 1. The van der Waals surface area contributed by atoms with Gasteiger partial charge < -0.3 is 9.47 Å². The number of amides is 1. The monoisotopic (exact) mass is 467 g/mol. The maximum atomic E-state index is 13.4. The van der Waals surface area contributed by atoms with Gasteiger partial charge in [0.25, 0.3) is 0 Å². The molecule has 0 aliphatic carbocycles. The third-order valence-corrected chi connectivity index (χ3v) is 6.75. The first-order valence-corrected chi connectivity index (χ1v) is 11.4. The molecule has 0 N–H and O–H groups in total. The van der Waals surface area contributed by atoms with Gasteiger partial charge in [-0.05, 0) is 53.4 Å². The minimum atomic E-state index is -0.306. The Hall–Kier alpha value is -2.90. The lowest BCUT2D eigenvalue weighted by Gasteiger charge is -2.16. The molecule has 1 aliphatic rings. The summed E-state index contributed by atoms with van der Waals surface area (Å²) in [7, 11) is 1.62. The van der Waals surface area contributed by atoms with Gasteiger partial charge in [-0.1, -0.05) is 66.4 Å². The summed E-state index contributed by atoms with van der Waals surface area (Å²) in [5.41, 5.74) is 2.66. The van der Waals surface area contributed by atoms with Gasteiger partial charge in [0.15, 0.2) is 0 Å². The summed E-state index contributed by atoms with van der Waals surface area (Å²) in [6.07, 6.45) is 0.502. The molecule has 0 spiro atoms. The van der Waals surface area contributed by atoms with Crippen LogP contribution in [-0.2, 0) is 24.4 Å². The summed E-state index contributed by atoms with van der Waals surface area (Å²) < 4.78 is 25.2. The number of hydrogen-bond donors (Lipinski definition) is 0. The topological polar surface area (TPSA) is 38.8 Å². The Morgan fingerprint density at radius 2 is 1.81 bits per heavy atom. The number of rotatable bonds is 8. The lowest BCUT2D eigenvalue weighted by Crippen LogP contribution is -2.31. The highest BCUT2D eigenvalue weighted by atomic mass is 32.2. The SMILES string of the molecule is COc1ccc(CN2C(=O)[C@H](Cc3ccccc3OCc3cccc(F)c3)SC2=S)cc1. The number of para-hydroxylation sites is 1. The maximum absolute atomic E-state index is 13.4. The zero-order valence-electron chi connectivity index (χ0n) is 17.5.